The van der Waals surface area contributed by atoms with Gasteiger partial charge in [0.25, 0.3) is 5.91 Å². The highest BCUT2D eigenvalue weighted by atomic mass is 16.5. The molecular weight excluding hydrogens is 302 g/mol. The van der Waals surface area contributed by atoms with Crippen LogP contribution in [0.3, 0.4) is 0 Å². The smallest absolute Gasteiger partial charge is 0.277 e. The van der Waals surface area contributed by atoms with Crippen LogP contribution in [0.25, 0.3) is 0 Å². The van der Waals surface area contributed by atoms with Crippen molar-refractivity contribution in [3.05, 3.63) is 52.3 Å². The molecule has 2 aromatic rings. The van der Waals surface area contributed by atoms with Crippen molar-refractivity contribution >= 4 is 12.1 Å². The second kappa shape index (κ2) is 7.81. The highest BCUT2D eigenvalue weighted by Gasteiger charge is 2.10. The fourth-order valence-corrected chi connectivity index (χ4v) is 2.47. The summed E-state index contributed by atoms with van der Waals surface area (Å²) in [5, 5.41) is 3.98. The van der Waals surface area contributed by atoms with E-state index in [2.05, 4.69) is 29.4 Å². The number of rotatable bonds is 6. The molecule has 0 radical (unpaired) electrons. The van der Waals surface area contributed by atoms with Crippen LogP contribution < -0.4 is 10.2 Å². The van der Waals surface area contributed by atoms with E-state index in [1.54, 1.807) is 6.21 Å². The van der Waals surface area contributed by atoms with Gasteiger partial charge in [-0.05, 0) is 49.9 Å². The molecule has 128 valence electrons. The average molecular weight is 327 g/mol. The number of aromatic nitrogens is 1. The Morgan fingerprint density at radius 3 is 2.67 bits per heavy atom. The van der Waals surface area contributed by atoms with Crippen LogP contribution in [-0.4, -0.2) is 23.7 Å². The lowest BCUT2D eigenvalue weighted by molar-refractivity contribution is -0.123. The van der Waals surface area contributed by atoms with Crippen molar-refractivity contribution in [3.63, 3.8) is 0 Å². The van der Waals surface area contributed by atoms with Gasteiger partial charge in [-0.15, -0.1) is 0 Å². The number of hydrogen-bond donors (Lipinski definition) is 2. The number of H-pyrrole nitrogens is 1. The fourth-order valence-electron chi connectivity index (χ4n) is 2.47. The number of aryl methyl sites for hydroxylation is 3. The number of nitrogens with one attached hydrogen (secondary N) is 2. The summed E-state index contributed by atoms with van der Waals surface area (Å²) in [6.45, 7) is 10.1. The standard InChI is InChI=1S/C19H25N3O2/c1-12(2)17-7-6-13(3)8-18(17)24-11-19(23)22-20-10-16-9-14(4)21-15(16)5/h6-10,12,21H,11H2,1-5H3,(H,22,23)/b20-10+. The number of hydrogen-bond acceptors (Lipinski definition) is 3. The fraction of sp³-hybridized carbons (Fsp3) is 0.368. The maximum atomic E-state index is 11.9. The van der Waals surface area contributed by atoms with Crippen molar-refractivity contribution in [3.8, 4) is 5.75 Å². The monoisotopic (exact) mass is 327 g/mol. The number of carbonyl (C=O) groups excluding carboxylic acids is 1. The first-order valence-electron chi connectivity index (χ1n) is 8.08. The van der Waals surface area contributed by atoms with Gasteiger partial charge in [-0.1, -0.05) is 26.0 Å². The first-order valence-corrected chi connectivity index (χ1v) is 8.08. The molecule has 2 N–H and O–H groups in total. The Morgan fingerprint density at radius 1 is 1.29 bits per heavy atom. The molecule has 5 nitrogen and oxygen atoms in total. The second-order valence-corrected chi connectivity index (χ2v) is 6.31. The molecule has 0 spiro atoms. The molecule has 0 saturated carbocycles. The molecule has 1 aromatic heterocycles. The van der Waals surface area contributed by atoms with Gasteiger partial charge in [0.05, 0.1) is 6.21 Å². The zero-order valence-electron chi connectivity index (χ0n) is 14.9. The van der Waals surface area contributed by atoms with E-state index in [1.165, 1.54) is 0 Å². The normalized spacial score (nSPS) is 11.2. The number of amides is 1. The zero-order valence-corrected chi connectivity index (χ0v) is 14.9. The molecule has 1 heterocycles. The molecule has 0 fully saturated rings. The van der Waals surface area contributed by atoms with Crippen LogP contribution in [0.1, 0.15) is 47.8 Å². The van der Waals surface area contributed by atoms with Crippen molar-refractivity contribution < 1.29 is 9.53 Å². The van der Waals surface area contributed by atoms with E-state index in [1.807, 2.05) is 45.0 Å². The Bertz CT molecular complexity index is 745. The lowest BCUT2D eigenvalue weighted by Crippen LogP contribution is -2.25. The van der Waals surface area contributed by atoms with Gasteiger partial charge in [0.2, 0.25) is 0 Å². The summed E-state index contributed by atoms with van der Waals surface area (Å²) in [7, 11) is 0. The van der Waals surface area contributed by atoms with Gasteiger partial charge in [0, 0.05) is 17.0 Å². The van der Waals surface area contributed by atoms with Crippen LogP contribution in [0.4, 0.5) is 0 Å². The number of aromatic amines is 1. The highest BCUT2D eigenvalue weighted by molar-refractivity contribution is 5.84. The molecule has 1 amide bonds. The molecule has 0 bridgehead atoms. The van der Waals surface area contributed by atoms with Crippen LogP contribution in [0.2, 0.25) is 0 Å². The molecule has 1 aromatic carbocycles. The van der Waals surface area contributed by atoms with E-state index < -0.39 is 0 Å². The molecule has 5 heteroatoms. The van der Waals surface area contributed by atoms with Crippen molar-refractivity contribution in [1.82, 2.24) is 10.4 Å². The Hall–Kier alpha value is -2.56. The van der Waals surface area contributed by atoms with Crippen LogP contribution in [0.5, 0.6) is 5.75 Å². The Labute approximate surface area is 143 Å². The van der Waals surface area contributed by atoms with E-state index >= 15 is 0 Å². The van der Waals surface area contributed by atoms with Gasteiger partial charge in [-0.2, -0.15) is 5.10 Å². The third-order valence-corrected chi connectivity index (χ3v) is 3.73. The van der Waals surface area contributed by atoms with Crippen molar-refractivity contribution in [2.75, 3.05) is 6.61 Å². The molecule has 0 saturated heterocycles. The zero-order chi connectivity index (χ0) is 17.7. The van der Waals surface area contributed by atoms with Gasteiger partial charge >= 0.3 is 0 Å². The average Bonchev–Trinajstić information content (AvgIpc) is 2.83. The first-order chi connectivity index (χ1) is 11.4. The van der Waals surface area contributed by atoms with Crippen LogP contribution in [-0.2, 0) is 4.79 Å². The number of ether oxygens (including phenoxy) is 1. The molecule has 24 heavy (non-hydrogen) atoms. The molecule has 0 aliphatic rings. The Morgan fingerprint density at radius 2 is 2.04 bits per heavy atom. The number of hydrazone groups is 1. The summed E-state index contributed by atoms with van der Waals surface area (Å²) in [6, 6.07) is 8.02. The van der Waals surface area contributed by atoms with Crippen molar-refractivity contribution in [2.45, 2.75) is 40.5 Å². The van der Waals surface area contributed by atoms with Crippen LogP contribution in [0.15, 0.2) is 29.4 Å². The van der Waals surface area contributed by atoms with Crippen molar-refractivity contribution in [2.24, 2.45) is 5.10 Å². The van der Waals surface area contributed by atoms with Crippen LogP contribution >= 0.6 is 0 Å². The first kappa shape index (κ1) is 17.8. The topological polar surface area (TPSA) is 66.5 Å². The van der Waals surface area contributed by atoms with E-state index in [0.717, 1.165) is 33.8 Å². The third kappa shape index (κ3) is 4.72. The summed E-state index contributed by atoms with van der Waals surface area (Å²) in [4.78, 5) is 15.1. The van der Waals surface area contributed by atoms with E-state index in [4.69, 9.17) is 4.74 Å². The predicted octanol–water partition coefficient (Wildman–Crippen LogP) is 3.59. The lowest BCUT2D eigenvalue weighted by Gasteiger charge is -2.14. The summed E-state index contributed by atoms with van der Waals surface area (Å²) in [5.74, 6) is 0.801. The highest BCUT2D eigenvalue weighted by Crippen LogP contribution is 2.27. The minimum atomic E-state index is -0.285. The van der Waals surface area contributed by atoms with Gasteiger partial charge < -0.3 is 9.72 Å². The maximum Gasteiger partial charge on any atom is 0.277 e. The van der Waals surface area contributed by atoms with Gasteiger partial charge in [0.15, 0.2) is 6.61 Å². The molecule has 0 atom stereocenters. The number of benzene rings is 1. The minimum absolute atomic E-state index is 0.0638. The summed E-state index contributed by atoms with van der Waals surface area (Å²) >= 11 is 0. The Balaban J connectivity index is 1.92. The third-order valence-electron chi connectivity index (χ3n) is 3.73. The largest absolute Gasteiger partial charge is 0.483 e. The van der Waals surface area contributed by atoms with Gasteiger partial charge in [-0.25, -0.2) is 5.43 Å². The van der Waals surface area contributed by atoms with Gasteiger partial charge in [0.1, 0.15) is 5.75 Å². The SMILES string of the molecule is Cc1ccc(C(C)C)c(OCC(=O)N/N=C/c2cc(C)[nH]c2C)c1. The van der Waals surface area contributed by atoms with Crippen molar-refractivity contribution in [1.29, 1.82) is 0 Å². The van der Waals surface area contributed by atoms with E-state index in [-0.39, 0.29) is 12.5 Å². The Kier molecular flexibility index (Phi) is 5.79. The van der Waals surface area contributed by atoms with E-state index in [0.29, 0.717) is 5.92 Å². The quantitative estimate of drug-likeness (QED) is 0.629. The van der Waals surface area contributed by atoms with E-state index in [9.17, 15) is 4.79 Å². The molecule has 0 unspecified atom stereocenters. The van der Waals surface area contributed by atoms with Crippen LogP contribution in [0, 0.1) is 20.8 Å². The summed E-state index contributed by atoms with van der Waals surface area (Å²) in [5.41, 5.74) is 7.72. The molecule has 0 aliphatic heterocycles. The minimum Gasteiger partial charge on any atom is -0.483 e. The van der Waals surface area contributed by atoms with Gasteiger partial charge in [-0.3, -0.25) is 4.79 Å². The summed E-state index contributed by atoms with van der Waals surface area (Å²) in [6.07, 6.45) is 1.63. The number of nitrogens with zero attached hydrogens (tertiary/aromatic N) is 1. The molecule has 0 aliphatic carbocycles. The molecule has 2 rings (SSSR count). The summed E-state index contributed by atoms with van der Waals surface area (Å²) < 4.78 is 5.68. The molecular formula is C19H25N3O2. The lowest BCUT2D eigenvalue weighted by atomic mass is 10.0. The second-order valence-electron chi connectivity index (χ2n) is 6.31. The maximum absolute atomic E-state index is 11.9. The number of carbonyl (C=O) groups is 1. The predicted molar refractivity (Wildman–Crippen MR) is 96.8 cm³/mol.